The maximum atomic E-state index is 12.1. The van der Waals surface area contributed by atoms with Crippen molar-refractivity contribution in [3.8, 4) is 0 Å². The Labute approximate surface area is 114 Å². The maximum Gasteiger partial charge on any atom is 0.314 e. The second-order valence-electron chi connectivity index (χ2n) is 6.39. The summed E-state index contributed by atoms with van der Waals surface area (Å²) in [5, 5.41) is 9.93. The number of carbonyl (C=O) groups is 1. The van der Waals surface area contributed by atoms with E-state index in [1.54, 1.807) is 0 Å². The Hall–Kier alpha value is -1.31. The molecular formula is C17H22O2. The zero-order chi connectivity index (χ0) is 13.5. The molecule has 2 aliphatic rings. The molecule has 1 aromatic carbocycles. The molecule has 2 aliphatic carbocycles. The summed E-state index contributed by atoms with van der Waals surface area (Å²) in [6.07, 6.45) is 6.22. The van der Waals surface area contributed by atoms with Gasteiger partial charge in [0.1, 0.15) is 0 Å². The van der Waals surface area contributed by atoms with Crippen molar-refractivity contribution in [2.75, 3.05) is 0 Å². The molecule has 0 radical (unpaired) electrons. The lowest BCUT2D eigenvalue weighted by molar-refractivity contribution is -0.147. The molecule has 2 nitrogen and oxygen atoms in total. The van der Waals surface area contributed by atoms with Crippen molar-refractivity contribution in [2.24, 2.45) is 11.8 Å². The van der Waals surface area contributed by atoms with Gasteiger partial charge in [0.15, 0.2) is 0 Å². The molecule has 0 aliphatic heterocycles. The zero-order valence-electron chi connectivity index (χ0n) is 11.6. The zero-order valence-corrected chi connectivity index (χ0v) is 11.6. The van der Waals surface area contributed by atoms with Crippen LogP contribution in [-0.4, -0.2) is 11.1 Å². The van der Waals surface area contributed by atoms with Gasteiger partial charge in [-0.3, -0.25) is 4.79 Å². The number of carboxylic acid groups (broad SMARTS) is 1. The van der Waals surface area contributed by atoms with Crippen LogP contribution in [-0.2, 0) is 16.6 Å². The lowest BCUT2D eigenvalue weighted by atomic mass is 9.64. The van der Waals surface area contributed by atoms with E-state index in [1.807, 2.05) is 12.1 Å². The van der Waals surface area contributed by atoms with Crippen LogP contribution in [0.3, 0.4) is 0 Å². The number of fused-ring (bicyclic) bond motifs is 1. The van der Waals surface area contributed by atoms with E-state index in [4.69, 9.17) is 0 Å². The Morgan fingerprint density at radius 2 is 1.89 bits per heavy atom. The van der Waals surface area contributed by atoms with Crippen molar-refractivity contribution in [1.29, 1.82) is 0 Å². The van der Waals surface area contributed by atoms with Gasteiger partial charge in [0.2, 0.25) is 0 Å². The fourth-order valence-electron chi connectivity index (χ4n) is 4.21. The summed E-state index contributed by atoms with van der Waals surface area (Å²) < 4.78 is 0. The standard InChI is InChI=1S/C17H22O2/c1-12-6-8-14(9-7-12)17(16(18)19)11-10-13-4-2-3-5-15(13)17/h2-5,12,14H,6-11H2,1H3,(H,18,19). The number of aliphatic carboxylic acids is 1. The van der Waals surface area contributed by atoms with Crippen molar-refractivity contribution >= 4 is 5.97 Å². The topological polar surface area (TPSA) is 37.3 Å². The van der Waals surface area contributed by atoms with Crippen LogP contribution in [0.25, 0.3) is 0 Å². The first-order valence-corrected chi connectivity index (χ1v) is 7.46. The summed E-state index contributed by atoms with van der Waals surface area (Å²) >= 11 is 0. The van der Waals surface area contributed by atoms with Gasteiger partial charge in [0, 0.05) is 0 Å². The largest absolute Gasteiger partial charge is 0.481 e. The molecule has 0 saturated heterocycles. The number of benzene rings is 1. The van der Waals surface area contributed by atoms with Crippen LogP contribution < -0.4 is 0 Å². The van der Waals surface area contributed by atoms with Gasteiger partial charge >= 0.3 is 5.97 Å². The van der Waals surface area contributed by atoms with Crippen LogP contribution in [0, 0.1) is 11.8 Å². The van der Waals surface area contributed by atoms with Gasteiger partial charge in [-0.1, -0.05) is 44.0 Å². The van der Waals surface area contributed by atoms with Crippen LogP contribution in [0.1, 0.15) is 50.2 Å². The SMILES string of the molecule is CC1CCC(C2(C(=O)O)CCc3ccccc32)CC1. The molecule has 1 aromatic rings. The first-order valence-electron chi connectivity index (χ1n) is 7.46. The summed E-state index contributed by atoms with van der Waals surface area (Å²) in [5.74, 6) is 0.487. The Morgan fingerprint density at radius 3 is 2.58 bits per heavy atom. The molecule has 0 aromatic heterocycles. The molecule has 19 heavy (non-hydrogen) atoms. The van der Waals surface area contributed by atoms with Gasteiger partial charge in [0.25, 0.3) is 0 Å². The third kappa shape index (κ3) is 1.89. The lowest BCUT2D eigenvalue weighted by Crippen LogP contribution is -2.42. The molecule has 102 valence electrons. The number of carboxylic acids is 1. The van der Waals surface area contributed by atoms with E-state index in [2.05, 4.69) is 19.1 Å². The fraction of sp³-hybridized carbons (Fsp3) is 0.588. The van der Waals surface area contributed by atoms with Gasteiger partial charge in [0.05, 0.1) is 5.41 Å². The molecule has 2 heteroatoms. The molecule has 3 rings (SSSR count). The quantitative estimate of drug-likeness (QED) is 0.876. The molecule has 0 amide bonds. The molecule has 0 heterocycles. The summed E-state index contributed by atoms with van der Waals surface area (Å²) in [6, 6.07) is 8.17. The van der Waals surface area contributed by atoms with E-state index in [0.717, 1.165) is 37.2 Å². The van der Waals surface area contributed by atoms with E-state index in [9.17, 15) is 9.90 Å². The molecule has 1 N–H and O–H groups in total. The van der Waals surface area contributed by atoms with Crippen molar-refractivity contribution in [3.05, 3.63) is 35.4 Å². The van der Waals surface area contributed by atoms with Crippen LogP contribution in [0.2, 0.25) is 0 Å². The third-order valence-corrected chi connectivity index (χ3v) is 5.38. The molecule has 1 saturated carbocycles. The fourth-order valence-corrected chi connectivity index (χ4v) is 4.21. The first kappa shape index (κ1) is 12.7. The molecule has 1 unspecified atom stereocenters. The minimum absolute atomic E-state index is 0.324. The molecule has 0 bridgehead atoms. The average Bonchev–Trinajstić information content (AvgIpc) is 2.80. The highest BCUT2D eigenvalue weighted by Gasteiger charge is 2.51. The van der Waals surface area contributed by atoms with Crippen LogP contribution in [0.5, 0.6) is 0 Å². The van der Waals surface area contributed by atoms with Gasteiger partial charge < -0.3 is 5.11 Å². The minimum Gasteiger partial charge on any atom is -0.481 e. The van der Waals surface area contributed by atoms with E-state index in [1.165, 1.54) is 18.4 Å². The predicted octanol–water partition coefficient (Wildman–Crippen LogP) is 3.78. The molecule has 1 fully saturated rings. The van der Waals surface area contributed by atoms with E-state index in [0.29, 0.717) is 5.92 Å². The van der Waals surface area contributed by atoms with E-state index in [-0.39, 0.29) is 0 Å². The highest BCUT2D eigenvalue weighted by atomic mass is 16.4. The lowest BCUT2D eigenvalue weighted by Gasteiger charge is -2.38. The monoisotopic (exact) mass is 258 g/mol. The van der Waals surface area contributed by atoms with Crippen molar-refractivity contribution < 1.29 is 9.90 Å². The maximum absolute atomic E-state index is 12.1. The van der Waals surface area contributed by atoms with Crippen molar-refractivity contribution in [2.45, 2.75) is 50.9 Å². The first-order chi connectivity index (χ1) is 9.14. The number of hydrogen-bond acceptors (Lipinski definition) is 1. The van der Waals surface area contributed by atoms with Gasteiger partial charge in [-0.2, -0.15) is 0 Å². The second kappa shape index (κ2) is 4.66. The second-order valence-corrected chi connectivity index (χ2v) is 6.39. The predicted molar refractivity (Wildman–Crippen MR) is 75.2 cm³/mol. The highest BCUT2D eigenvalue weighted by Crippen LogP contribution is 2.50. The summed E-state index contributed by atoms with van der Waals surface area (Å²) in [5.41, 5.74) is 1.75. The summed E-state index contributed by atoms with van der Waals surface area (Å²) in [6.45, 7) is 2.28. The average molecular weight is 258 g/mol. The number of rotatable bonds is 2. The Kier molecular flexibility index (Phi) is 3.12. The Bertz CT molecular complexity index is 486. The van der Waals surface area contributed by atoms with Crippen molar-refractivity contribution in [1.82, 2.24) is 0 Å². The summed E-state index contributed by atoms with van der Waals surface area (Å²) in [7, 11) is 0. The summed E-state index contributed by atoms with van der Waals surface area (Å²) in [4.78, 5) is 12.1. The molecule has 1 atom stereocenters. The smallest absolute Gasteiger partial charge is 0.314 e. The third-order valence-electron chi connectivity index (χ3n) is 5.38. The van der Waals surface area contributed by atoms with Crippen molar-refractivity contribution in [3.63, 3.8) is 0 Å². The minimum atomic E-state index is -0.600. The van der Waals surface area contributed by atoms with Gasteiger partial charge in [-0.25, -0.2) is 0 Å². The van der Waals surface area contributed by atoms with E-state index < -0.39 is 11.4 Å². The van der Waals surface area contributed by atoms with Crippen LogP contribution >= 0.6 is 0 Å². The highest BCUT2D eigenvalue weighted by molar-refractivity contribution is 5.83. The number of hydrogen-bond donors (Lipinski definition) is 1. The van der Waals surface area contributed by atoms with Gasteiger partial charge in [-0.15, -0.1) is 0 Å². The van der Waals surface area contributed by atoms with Gasteiger partial charge in [-0.05, 0) is 48.6 Å². The molecule has 0 spiro atoms. The number of aryl methyl sites for hydroxylation is 1. The van der Waals surface area contributed by atoms with Crippen LogP contribution in [0.4, 0.5) is 0 Å². The normalized spacial score (nSPS) is 33.9. The Balaban J connectivity index is 2.00. The molecular weight excluding hydrogens is 236 g/mol. The van der Waals surface area contributed by atoms with Crippen LogP contribution in [0.15, 0.2) is 24.3 Å². The Morgan fingerprint density at radius 1 is 1.21 bits per heavy atom. The van der Waals surface area contributed by atoms with E-state index >= 15 is 0 Å².